The molecule has 4 rings (SSSR count). The number of rotatable bonds is 4. The number of fused-ring (bicyclic) bond motifs is 1. The van der Waals surface area contributed by atoms with Crippen LogP contribution in [0.5, 0.6) is 17.2 Å². The molecule has 2 heterocycles. The summed E-state index contributed by atoms with van der Waals surface area (Å²) in [6.07, 6.45) is -3.35. The quantitative estimate of drug-likeness (QED) is 0.580. The Kier molecular flexibility index (Phi) is 4.92. The fraction of sp³-hybridized carbons (Fsp3) is 0.316. The minimum atomic E-state index is -4.71. The third kappa shape index (κ3) is 4.24. The van der Waals surface area contributed by atoms with Gasteiger partial charge >= 0.3 is 6.36 Å². The summed E-state index contributed by atoms with van der Waals surface area (Å²) in [5, 5.41) is 12.3. The fourth-order valence-corrected chi connectivity index (χ4v) is 3.94. The molecule has 28 heavy (non-hydrogen) atoms. The van der Waals surface area contributed by atoms with Gasteiger partial charge in [0.05, 0.1) is 21.4 Å². The molecule has 0 atom stereocenters. The summed E-state index contributed by atoms with van der Waals surface area (Å²) >= 11 is 1.50. The number of aromatic nitrogens is 1. The number of hydrogen-bond acceptors (Lipinski definition) is 5. The zero-order valence-corrected chi connectivity index (χ0v) is 15.4. The highest BCUT2D eigenvalue weighted by Crippen LogP contribution is 2.36. The van der Waals surface area contributed by atoms with E-state index in [-0.39, 0.29) is 17.6 Å². The van der Waals surface area contributed by atoms with Crippen LogP contribution in [0.15, 0.2) is 41.9 Å². The summed E-state index contributed by atoms with van der Waals surface area (Å²) in [7, 11) is 0. The second-order valence-electron chi connectivity index (χ2n) is 6.46. The molecule has 0 unspecified atom stereocenters. The van der Waals surface area contributed by atoms with E-state index in [4.69, 9.17) is 4.74 Å². The Morgan fingerprint density at radius 2 is 1.75 bits per heavy atom. The first-order valence-corrected chi connectivity index (χ1v) is 9.57. The van der Waals surface area contributed by atoms with Gasteiger partial charge in [0.1, 0.15) is 17.6 Å². The van der Waals surface area contributed by atoms with Gasteiger partial charge in [-0.3, -0.25) is 5.11 Å². The van der Waals surface area contributed by atoms with E-state index < -0.39 is 6.36 Å². The van der Waals surface area contributed by atoms with Crippen molar-refractivity contribution < 1.29 is 27.8 Å². The second-order valence-corrected chi connectivity index (χ2v) is 7.35. The van der Waals surface area contributed by atoms with Gasteiger partial charge in [-0.15, -0.1) is 24.5 Å². The molecule has 1 aliphatic rings. The van der Waals surface area contributed by atoms with Crippen LogP contribution >= 0.6 is 11.3 Å². The Balaban J connectivity index is 1.35. The topological polar surface area (TPSA) is 54.5 Å². The summed E-state index contributed by atoms with van der Waals surface area (Å²) in [5.74, 6) is 0.165. The lowest BCUT2D eigenvalue weighted by Crippen LogP contribution is -2.38. The Labute approximate surface area is 162 Å². The summed E-state index contributed by atoms with van der Waals surface area (Å²) in [6, 6.07) is 8.82. The number of piperidine rings is 1. The van der Waals surface area contributed by atoms with E-state index in [1.807, 2.05) is 11.0 Å². The molecule has 1 radical (unpaired) electrons. The Hall–Kier alpha value is -2.68. The first-order chi connectivity index (χ1) is 13.4. The van der Waals surface area contributed by atoms with Gasteiger partial charge in [-0.2, -0.15) is 0 Å². The van der Waals surface area contributed by atoms with Crippen LogP contribution in [0.25, 0.3) is 10.2 Å². The normalized spacial score (nSPS) is 15.8. The van der Waals surface area contributed by atoms with Crippen molar-refractivity contribution in [1.29, 1.82) is 0 Å². The number of anilines is 1. The van der Waals surface area contributed by atoms with Crippen molar-refractivity contribution in [2.45, 2.75) is 25.3 Å². The van der Waals surface area contributed by atoms with Crippen molar-refractivity contribution in [2.24, 2.45) is 0 Å². The molecule has 1 fully saturated rings. The molecule has 0 spiro atoms. The SMILES string of the molecule is [O]c1cc2ncsc2cc1N1CCC(Oc2ccc(OC(F)(F)F)cc2)CC1. The number of alkyl halides is 3. The molecule has 5 nitrogen and oxygen atoms in total. The third-order valence-corrected chi connectivity index (χ3v) is 5.35. The molecule has 1 aliphatic heterocycles. The van der Waals surface area contributed by atoms with Gasteiger partial charge in [-0.1, -0.05) is 0 Å². The summed E-state index contributed by atoms with van der Waals surface area (Å²) < 4.78 is 47.3. The number of nitrogens with zero attached hydrogens (tertiary/aromatic N) is 2. The van der Waals surface area contributed by atoms with Crippen molar-refractivity contribution in [3.63, 3.8) is 0 Å². The van der Waals surface area contributed by atoms with E-state index in [2.05, 4.69) is 9.72 Å². The predicted molar refractivity (Wildman–Crippen MR) is 98.7 cm³/mol. The van der Waals surface area contributed by atoms with Gasteiger partial charge in [-0.05, 0) is 30.3 Å². The molecule has 0 amide bonds. The third-order valence-electron chi connectivity index (χ3n) is 4.55. The van der Waals surface area contributed by atoms with E-state index in [1.165, 1.54) is 35.6 Å². The van der Waals surface area contributed by atoms with Gasteiger partial charge in [0.15, 0.2) is 0 Å². The second kappa shape index (κ2) is 7.38. The van der Waals surface area contributed by atoms with Crippen molar-refractivity contribution in [2.75, 3.05) is 18.0 Å². The van der Waals surface area contributed by atoms with Crippen LogP contribution in [-0.2, 0) is 5.11 Å². The number of benzene rings is 2. The smallest absolute Gasteiger partial charge is 0.490 e. The lowest BCUT2D eigenvalue weighted by atomic mass is 10.1. The van der Waals surface area contributed by atoms with Gasteiger partial charge in [-0.25, -0.2) is 4.98 Å². The summed E-state index contributed by atoms with van der Waals surface area (Å²) in [5.41, 5.74) is 3.11. The van der Waals surface area contributed by atoms with Crippen LogP contribution in [-0.4, -0.2) is 30.5 Å². The van der Waals surface area contributed by atoms with Crippen molar-refractivity contribution in [3.05, 3.63) is 41.9 Å². The van der Waals surface area contributed by atoms with Gasteiger partial charge in [0, 0.05) is 32.0 Å². The van der Waals surface area contributed by atoms with Crippen molar-refractivity contribution >= 4 is 27.2 Å². The van der Waals surface area contributed by atoms with Gasteiger partial charge in [0.25, 0.3) is 0 Å². The minimum absolute atomic E-state index is 0.0435. The summed E-state index contributed by atoms with van der Waals surface area (Å²) in [4.78, 5) is 6.20. The minimum Gasteiger partial charge on any atom is -0.490 e. The Bertz CT molecular complexity index is 951. The van der Waals surface area contributed by atoms with Crippen molar-refractivity contribution in [1.82, 2.24) is 4.98 Å². The highest BCUT2D eigenvalue weighted by molar-refractivity contribution is 7.16. The molecule has 0 saturated carbocycles. The monoisotopic (exact) mass is 409 g/mol. The first-order valence-electron chi connectivity index (χ1n) is 8.69. The maximum absolute atomic E-state index is 12.3. The molecule has 9 heteroatoms. The Morgan fingerprint density at radius 1 is 1.07 bits per heavy atom. The molecule has 3 aromatic rings. The van der Waals surface area contributed by atoms with Gasteiger partial charge < -0.3 is 14.4 Å². The number of thiazole rings is 1. The number of ether oxygens (including phenoxy) is 2. The zero-order valence-electron chi connectivity index (χ0n) is 14.6. The summed E-state index contributed by atoms with van der Waals surface area (Å²) in [6.45, 7) is 1.33. The highest BCUT2D eigenvalue weighted by Gasteiger charge is 2.31. The predicted octanol–water partition coefficient (Wildman–Crippen LogP) is 5.39. The number of halogens is 3. The van der Waals surface area contributed by atoms with E-state index in [1.54, 1.807) is 11.6 Å². The molecule has 0 N–H and O–H groups in total. The van der Waals surface area contributed by atoms with Crippen LogP contribution in [0.3, 0.4) is 0 Å². The van der Waals surface area contributed by atoms with E-state index in [9.17, 15) is 18.3 Å². The van der Waals surface area contributed by atoms with Crippen LogP contribution in [0, 0.1) is 0 Å². The molecular weight excluding hydrogens is 393 g/mol. The molecule has 1 aromatic heterocycles. The molecule has 0 bridgehead atoms. The maximum Gasteiger partial charge on any atom is 0.573 e. The molecule has 1 saturated heterocycles. The maximum atomic E-state index is 12.3. The first kappa shape index (κ1) is 18.7. The lowest BCUT2D eigenvalue weighted by Gasteiger charge is -2.33. The van der Waals surface area contributed by atoms with E-state index in [0.717, 1.165) is 10.2 Å². The molecule has 2 aromatic carbocycles. The lowest BCUT2D eigenvalue weighted by molar-refractivity contribution is -0.274. The van der Waals surface area contributed by atoms with Gasteiger partial charge in [0.2, 0.25) is 5.75 Å². The average Bonchev–Trinajstić information content (AvgIpc) is 3.09. The van der Waals surface area contributed by atoms with E-state index in [0.29, 0.717) is 37.4 Å². The largest absolute Gasteiger partial charge is 0.573 e. The van der Waals surface area contributed by atoms with Crippen LogP contribution in [0.4, 0.5) is 18.9 Å². The standard InChI is InChI=1S/C19H16F3N2O3S/c20-19(21,22)27-14-3-1-12(2-4-14)26-13-5-7-24(8-6-13)16-10-18-15(9-17(16)25)23-11-28-18/h1-4,9-11,13H,5-8H2. The zero-order chi connectivity index (χ0) is 19.7. The molecular formula is C19H16F3N2O3S. The van der Waals surface area contributed by atoms with Crippen LogP contribution in [0.2, 0.25) is 0 Å². The van der Waals surface area contributed by atoms with Crippen molar-refractivity contribution in [3.8, 4) is 17.2 Å². The fourth-order valence-electron chi connectivity index (χ4n) is 3.25. The van der Waals surface area contributed by atoms with Crippen LogP contribution < -0.4 is 14.4 Å². The van der Waals surface area contributed by atoms with E-state index >= 15 is 0 Å². The molecule has 0 aliphatic carbocycles. The molecule has 147 valence electrons. The van der Waals surface area contributed by atoms with Crippen LogP contribution in [0.1, 0.15) is 12.8 Å². The number of hydrogen-bond donors (Lipinski definition) is 0. The highest BCUT2D eigenvalue weighted by atomic mass is 32.1. The Morgan fingerprint density at radius 3 is 2.43 bits per heavy atom. The average molecular weight is 409 g/mol.